The zero-order valence-corrected chi connectivity index (χ0v) is 13.1. The van der Waals surface area contributed by atoms with Gasteiger partial charge >= 0.3 is 0 Å². The summed E-state index contributed by atoms with van der Waals surface area (Å²) in [7, 11) is 3.96. The molecule has 0 fully saturated rings. The second-order valence-corrected chi connectivity index (χ2v) is 5.46. The first-order chi connectivity index (χ1) is 10.6. The van der Waals surface area contributed by atoms with Crippen molar-refractivity contribution in [3.8, 4) is 11.4 Å². The third-order valence-corrected chi connectivity index (χ3v) is 3.38. The molecule has 112 valence electrons. The Bertz CT molecular complexity index is 762. The summed E-state index contributed by atoms with van der Waals surface area (Å²) in [5.41, 5.74) is 3.15. The summed E-state index contributed by atoms with van der Waals surface area (Å²) in [5.74, 6) is 1.57. The molecule has 0 atom stereocenters. The molecule has 5 nitrogen and oxygen atoms in total. The minimum atomic E-state index is 0.700. The van der Waals surface area contributed by atoms with Crippen molar-refractivity contribution in [1.82, 2.24) is 19.7 Å². The number of aromatic nitrogens is 4. The molecule has 3 aromatic rings. The largest absolute Gasteiger partial charge is 0.347 e. The Morgan fingerprint density at radius 3 is 2.55 bits per heavy atom. The standard InChI is InChI=1S/C17H19N5/c1-13-11-15(9-10-18-13)16-19-17(21(2)3)22(20-16)12-14-7-5-4-6-8-14/h4-11H,12H2,1-3H3. The van der Waals surface area contributed by atoms with Gasteiger partial charge in [-0.25, -0.2) is 4.68 Å². The highest BCUT2D eigenvalue weighted by molar-refractivity contribution is 5.56. The van der Waals surface area contributed by atoms with E-state index in [1.54, 1.807) is 6.20 Å². The van der Waals surface area contributed by atoms with Crippen molar-refractivity contribution >= 4 is 5.95 Å². The maximum absolute atomic E-state index is 4.67. The quantitative estimate of drug-likeness (QED) is 0.742. The zero-order chi connectivity index (χ0) is 15.5. The van der Waals surface area contributed by atoms with E-state index in [1.165, 1.54) is 5.56 Å². The Balaban J connectivity index is 1.99. The van der Waals surface area contributed by atoms with Crippen LogP contribution in [0.1, 0.15) is 11.3 Å². The molecule has 2 heterocycles. The van der Waals surface area contributed by atoms with Crippen molar-refractivity contribution in [3.05, 3.63) is 59.9 Å². The van der Waals surface area contributed by atoms with E-state index in [2.05, 4.69) is 27.2 Å². The van der Waals surface area contributed by atoms with Crippen molar-refractivity contribution in [2.75, 3.05) is 19.0 Å². The molecular weight excluding hydrogens is 274 g/mol. The molecule has 0 radical (unpaired) electrons. The molecule has 0 aliphatic carbocycles. The van der Waals surface area contributed by atoms with E-state index < -0.39 is 0 Å². The maximum Gasteiger partial charge on any atom is 0.224 e. The maximum atomic E-state index is 4.67. The van der Waals surface area contributed by atoms with Gasteiger partial charge in [-0.1, -0.05) is 30.3 Å². The molecule has 0 saturated heterocycles. The van der Waals surface area contributed by atoms with Crippen molar-refractivity contribution in [2.24, 2.45) is 0 Å². The number of hydrogen-bond donors (Lipinski definition) is 0. The molecule has 0 spiro atoms. The van der Waals surface area contributed by atoms with Crippen LogP contribution < -0.4 is 4.90 Å². The zero-order valence-electron chi connectivity index (χ0n) is 13.1. The predicted molar refractivity (Wildman–Crippen MR) is 87.9 cm³/mol. The molecular formula is C17H19N5. The Hall–Kier alpha value is -2.69. The van der Waals surface area contributed by atoms with Crippen molar-refractivity contribution < 1.29 is 0 Å². The van der Waals surface area contributed by atoms with Gasteiger partial charge in [-0.05, 0) is 24.6 Å². The number of aryl methyl sites for hydroxylation is 1. The highest BCUT2D eigenvalue weighted by atomic mass is 15.4. The van der Waals surface area contributed by atoms with Gasteiger partial charge in [-0.2, -0.15) is 4.98 Å². The van der Waals surface area contributed by atoms with Crippen LogP contribution in [0.15, 0.2) is 48.7 Å². The van der Waals surface area contributed by atoms with Crippen LogP contribution in [-0.2, 0) is 6.54 Å². The van der Waals surface area contributed by atoms with E-state index >= 15 is 0 Å². The van der Waals surface area contributed by atoms with E-state index in [1.807, 2.05) is 60.9 Å². The smallest absolute Gasteiger partial charge is 0.224 e. The number of rotatable bonds is 4. The number of pyridine rings is 1. The third kappa shape index (κ3) is 2.98. The minimum absolute atomic E-state index is 0.700. The normalized spacial score (nSPS) is 10.7. The van der Waals surface area contributed by atoms with Crippen LogP contribution in [0.5, 0.6) is 0 Å². The van der Waals surface area contributed by atoms with Crippen LogP contribution in [0, 0.1) is 6.92 Å². The van der Waals surface area contributed by atoms with Gasteiger partial charge in [0.2, 0.25) is 5.95 Å². The van der Waals surface area contributed by atoms with Crippen LogP contribution in [0.25, 0.3) is 11.4 Å². The molecule has 3 rings (SSSR count). The highest BCUT2D eigenvalue weighted by Crippen LogP contribution is 2.20. The number of nitrogens with zero attached hydrogens (tertiary/aromatic N) is 5. The van der Waals surface area contributed by atoms with Gasteiger partial charge in [0.15, 0.2) is 5.82 Å². The average molecular weight is 293 g/mol. The average Bonchev–Trinajstić information content (AvgIpc) is 2.92. The SMILES string of the molecule is Cc1cc(-c2nc(N(C)C)n(Cc3ccccc3)n2)ccn1. The summed E-state index contributed by atoms with van der Waals surface area (Å²) < 4.78 is 1.93. The van der Waals surface area contributed by atoms with Crippen molar-refractivity contribution in [1.29, 1.82) is 0 Å². The first-order valence-corrected chi connectivity index (χ1v) is 7.22. The monoisotopic (exact) mass is 293 g/mol. The minimum Gasteiger partial charge on any atom is -0.347 e. The fraction of sp³-hybridized carbons (Fsp3) is 0.235. The van der Waals surface area contributed by atoms with E-state index in [9.17, 15) is 0 Å². The lowest BCUT2D eigenvalue weighted by molar-refractivity contribution is 0.679. The summed E-state index contributed by atoms with van der Waals surface area (Å²) >= 11 is 0. The molecule has 5 heteroatoms. The first kappa shape index (κ1) is 14.3. The van der Waals surface area contributed by atoms with Gasteiger partial charge in [0.1, 0.15) is 0 Å². The molecule has 0 aliphatic heterocycles. The lowest BCUT2D eigenvalue weighted by Crippen LogP contribution is -2.16. The van der Waals surface area contributed by atoms with Gasteiger partial charge < -0.3 is 4.90 Å². The second-order valence-electron chi connectivity index (χ2n) is 5.46. The van der Waals surface area contributed by atoms with Crippen LogP contribution >= 0.6 is 0 Å². The molecule has 2 aromatic heterocycles. The van der Waals surface area contributed by atoms with Crippen molar-refractivity contribution in [3.63, 3.8) is 0 Å². The molecule has 1 aromatic carbocycles. The fourth-order valence-corrected chi connectivity index (χ4v) is 2.33. The topological polar surface area (TPSA) is 46.8 Å². The number of anilines is 1. The molecule has 22 heavy (non-hydrogen) atoms. The number of benzene rings is 1. The summed E-state index contributed by atoms with van der Waals surface area (Å²) in [5, 5.41) is 4.67. The molecule has 0 amide bonds. The Morgan fingerprint density at radius 1 is 1.09 bits per heavy atom. The van der Waals surface area contributed by atoms with Gasteiger partial charge in [-0.15, -0.1) is 5.10 Å². The van der Waals surface area contributed by atoms with E-state index in [-0.39, 0.29) is 0 Å². The van der Waals surface area contributed by atoms with Gasteiger partial charge in [0, 0.05) is 31.5 Å². The van der Waals surface area contributed by atoms with Crippen LogP contribution in [0.3, 0.4) is 0 Å². The molecule has 0 N–H and O–H groups in total. The molecule has 0 saturated carbocycles. The second kappa shape index (κ2) is 5.97. The Labute approximate surface area is 130 Å². The van der Waals surface area contributed by atoms with Crippen LogP contribution in [0.4, 0.5) is 5.95 Å². The van der Waals surface area contributed by atoms with E-state index in [0.29, 0.717) is 6.54 Å². The summed E-state index contributed by atoms with van der Waals surface area (Å²) in [6.07, 6.45) is 1.79. The van der Waals surface area contributed by atoms with Crippen LogP contribution in [0.2, 0.25) is 0 Å². The Morgan fingerprint density at radius 2 is 1.86 bits per heavy atom. The van der Waals surface area contributed by atoms with E-state index in [0.717, 1.165) is 23.0 Å². The molecule has 0 bridgehead atoms. The highest BCUT2D eigenvalue weighted by Gasteiger charge is 2.13. The summed E-state index contributed by atoms with van der Waals surface area (Å²) in [4.78, 5) is 10.9. The van der Waals surface area contributed by atoms with Crippen LogP contribution in [-0.4, -0.2) is 33.8 Å². The molecule has 0 aliphatic rings. The Kier molecular flexibility index (Phi) is 3.87. The first-order valence-electron chi connectivity index (χ1n) is 7.22. The lowest BCUT2D eigenvalue weighted by atomic mass is 10.2. The van der Waals surface area contributed by atoms with Crippen molar-refractivity contribution in [2.45, 2.75) is 13.5 Å². The number of hydrogen-bond acceptors (Lipinski definition) is 4. The lowest BCUT2D eigenvalue weighted by Gasteiger charge is -2.12. The van der Waals surface area contributed by atoms with E-state index in [4.69, 9.17) is 0 Å². The van der Waals surface area contributed by atoms with Gasteiger partial charge in [0.25, 0.3) is 0 Å². The fourth-order valence-electron chi connectivity index (χ4n) is 2.33. The van der Waals surface area contributed by atoms with Gasteiger partial charge in [-0.3, -0.25) is 4.98 Å². The summed E-state index contributed by atoms with van der Waals surface area (Å²) in [6, 6.07) is 14.2. The third-order valence-electron chi connectivity index (χ3n) is 3.38. The predicted octanol–water partition coefficient (Wildman–Crippen LogP) is 2.76. The van der Waals surface area contributed by atoms with Gasteiger partial charge in [0.05, 0.1) is 6.54 Å². The molecule has 0 unspecified atom stereocenters. The summed E-state index contributed by atoms with van der Waals surface area (Å²) in [6.45, 7) is 2.67.